The third kappa shape index (κ3) is 3.21. The Labute approximate surface area is 114 Å². The smallest absolute Gasteiger partial charge is 0.251 e. The van der Waals surface area contributed by atoms with E-state index in [4.69, 9.17) is 16.3 Å². The summed E-state index contributed by atoms with van der Waals surface area (Å²) in [4.78, 5) is 16.3. The Balaban J connectivity index is 2.03. The van der Waals surface area contributed by atoms with Gasteiger partial charge in [0.1, 0.15) is 12.4 Å². The Morgan fingerprint density at radius 2 is 2.39 bits per heavy atom. The predicted octanol–water partition coefficient (Wildman–Crippen LogP) is 2.74. The van der Waals surface area contributed by atoms with Crippen molar-refractivity contribution in [2.75, 3.05) is 7.05 Å². The number of thiazole rings is 1. The molecule has 0 bridgehead atoms. The molecule has 0 unspecified atom stereocenters. The third-order valence-corrected chi connectivity index (χ3v) is 3.32. The number of nitrogens with one attached hydrogen (secondary N) is 1. The van der Waals surface area contributed by atoms with E-state index in [0.717, 1.165) is 4.88 Å². The van der Waals surface area contributed by atoms with Gasteiger partial charge < -0.3 is 10.1 Å². The van der Waals surface area contributed by atoms with E-state index < -0.39 is 0 Å². The Bertz CT molecular complexity index is 557. The van der Waals surface area contributed by atoms with Crippen LogP contribution in [0.1, 0.15) is 15.2 Å². The number of rotatable bonds is 4. The molecule has 1 heterocycles. The number of aromatic nitrogens is 1. The van der Waals surface area contributed by atoms with Gasteiger partial charge in [-0.3, -0.25) is 4.79 Å². The van der Waals surface area contributed by atoms with Crippen molar-refractivity contribution in [2.24, 2.45) is 0 Å². The fraction of sp³-hybridized carbons (Fsp3) is 0.167. The summed E-state index contributed by atoms with van der Waals surface area (Å²) in [6.07, 6.45) is 1.68. The van der Waals surface area contributed by atoms with Crippen LogP contribution in [0.4, 0.5) is 0 Å². The first-order chi connectivity index (χ1) is 8.69. The van der Waals surface area contributed by atoms with Crippen molar-refractivity contribution in [3.05, 3.63) is 45.4 Å². The molecule has 0 saturated carbocycles. The van der Waals surface area contributed by atoms with E-state index in [-0.39, 0.29) is 5.91 Å². The Kier molecular flexibility index (Phi) is 4.17. The summed E-state index contributed by atoms with van der Waals surface area (Å²) in [5.74, 6) is 0.502. The predicted molar refractivity (Wildman–Crippen MR) is 71.3 cm³/mol. The van der Waals surface area contributed by atoms with Gasteiger partial charge in [-0.1, -0.05) is 17.7 Å². The van der Waals surface area contributed by atoms with Gasteiger partial charge in [0.05, 0.1) is 4.88 Å². The lowest BCUT2D eigenvalue weighted by atomic mass is 10.2. The van der Waals surface area contributed by atoms with Crippen LogP contribution in [0, 0.1) is 0 Å². The van der Waals surface area contributed by atoms with E-state index in [1.807, 2.05) is 0 Å². The number of hydrogen-bond donors (Lipinski definition) is 1. The third-order valence-electron chi connectivity index (χ3n) is 2.23. The summed E-state index contributed by atoms with van der Waals surface area (Å²) < 4.78 is 6.07. The molecule has 2 aromatic rings. The summed E-state index contributed by atoms with van der Waals surface area (Å²) in [5, 5.41) is 2.57. The molecule has 4 nitrogen and oxygen atoms in total. The number of halogens is 1. The lowest BCUT2D eigenvalue weighted by Crippen LogP contribution is -2.17. The fourth-order valence-electron chi connectivity index (χ4n) is 1.38. The second kappa shape index (κ2) is 5.84. The van der Waals surface area contributed by atoms with Crippen LogP contribution >= 0.6 is 22.9 Å². The van der Waals surface area contributed by atoms with Crippen molar-refractivity contribution < 1.29 is 9.53 Å². The zero-order valence-electron chi connectivity index (χ0n) is 9.64. The van der Waals surface area contributed by atoms with Gasteiger partial charge in [0.2, 0.25) is 0 Å². The van der Waals surface area contributed by atoms with Crippen molar-refractivity contribution in [3.63, 3.8) is 0 Å². The van der Waals surface area contributed by atoms with E-state index in [2.05, 4.69) is 10.3 Å². The topological polar surface area (TPSA) is 51.2 Å². The van der Waals surface area contributed by atoms with Gasteiger partial charge in [-0.05, 0) is 18.2 Å². The van der Waals surface area contributed by atoms with Gasteiger partial charge in [-0.15, -0.1) is 11.3 Å². The highest BCUT2D eigenvalue weighted by molar-refractivity contribution is 7.15. The molecule has 1 aromatic carbocycles. The summed E-state index contributed by atoms with van der Waals surface area (Å²) in [6.45, 7) is 0.390. The van der Waals surface area contributed by atoms with Crippen LogP contribution in [0.3, 0.4) is 0 Å². The molecular formula is C12H11ClN2O2S. The maximum absolute atomic E-state index is 11.5. The van der Waals surface area contributed by atoms with Crippen molar-refractivity contribution in [1.82, 2.24) is 10.3 Å². The normalized spacial score (nSPS) is 10.1. The maximum atomic E-state index is 11.5. The molecule has 0 radical (unpaired) electrons. The Morgan fingerprint density at radius 1 is 1.56 bits per heavy atom. The molecule has 2 rings (SSSR count). The second-order valence-corrected chi connectivity index (χ2v) is 5.17. The average molecular weight is 283 g/mol. The molecule has 1 amide bonds. The summed E-state index contributed by atoms with van der Waals surface area (Å²) in [7, 11) is 1.59. The van der Waals surface area contributed by atoms with Crippen LogP contribution in [-0.4, -0.2) is 17.9 Å². The second-order valence-electron chi connectivity index (χ2n) is 3.48. The molecule has 0 fully saturated rings. The van der Waals surface area contributed by atoms with Crippen LogP contribution in [0.5, 0.6) is 5.75 Å². The van der Waals surface area contributed by atoms with Gasteiger partial charge in [0.15, 0.2) is 4.47 Å². The molecule has 1 aromatic heterocycles. The molecule has 1 N–H and O–H groups in total. The SMILES string of the molecule is CNC(=O)c1cccc(OCc2cnc(Cl)s2)c1. The number of carbonyl (C=O) groups excluding carboxylic acids is 1. The van der Waals surface area contributed by atoms with Crippen LogP contribution in [0.15, 0.2) is 30.5 Å². The van der Waals surface area contributed by atoms with Gasteiger partial charge in [0, 0.05) is 18.8 Å². The Morgan fingerprint density at radius 3 is 3.06 bits per heavy atom. The number of carbonyl (C=O) groups is 1. The minimum absolute atomic E-state index is 0.138. The number of nitrogens with zero attached hydrogens (tertiary/aromatic N) is 1. The van der Waals surface area contributed by atoms with Crippen LogP contribution in [0.25, 0.3) is 0 Å². The van der Waals surface area contributed by atoms with Gasteiger partial charge >= 0.3 is 0 Å². The lowest BCUT2D eigenvalue weighted by molar-refractivity contribution is 0.0962. The first-order valence-electron chi connectivity index (χ1n) is 5.24. The molecule has 0 saturated heterocycles. The van der Waals surface area contributed by atoms with Crippen LogP contribution < -0.4 is 10.1 Å². The summed E-state index contributed by atoms with van der Waals surface area (Å²) >= 11 is 7.10. The minimum Gasteiger partial charge on any atom is -0.488 e. The van der Waals surface area contributed by atoms with Crippen molar-refractivity contribution >= 4 is 28.8 Å². The molecule has 18 heavy (non-hydrogen) atoms. The Hall–Kier alpha value is -1.59. The highest BCUT2D eigenvalue weighted by atomic mass is 35.5. The first-order valence-corrected chi connectivity index (χ1v) is 6.43. The molecule has 0 aliphatic heterocycles. The van der Waals surface area contributed by atoms with Crippen molar-refractivity contribution in [3.8, 4) is 5.75 Å². The van der Waals surface area contributed by atoms with Crippen LogP contribution in [-0.2, 0) is 6.61 Å². The first kappa shape index (κ1) is 12.9. The number of benzene rings is 1. The summed E-state index contributed by atoms with van der Waals surface area (Å²) in [5.41, 5.74) is 0.567. The number of amides is 1. The molecular weight excluding hydrogens is 272 g/mol. The van der Waals surface area contributed by atoms with E-state index in [1.165, 1.54) is 11.3 Å². The quantitative estimate of drug-likeness (QED) is 0.938. The highest BCUT2D eigenvalue weighted by Gasteiger charge is 2.05. The van der Waals surface area contributed by atoms with Gasteiger partial charge in [0.25, 0.3) is 5.91 Å². The van der Waals surface area contributed by atoms with Crippen LogP contribution in [0.2, 0.25) is 4.47 Å². The highest BCUT2D eigenvalue weighted by Crippen LogP contribution is 2.20. The van der Waals surface area contributed by atoms with Gasteiger partial charge in [-0.25, -0.2) is 4.98 Å². The molecule has 0 atom stereocenters. The molecule has 0 aliphatic carbocycles. The molecule has 6 heteroatoms. The van der Waals surface area contributed by atoms with Crippen molar-refractivity contribution in [2.45, 2.75) is 6.61 Å². The average Bonchev–Trinajstić information content (AvgIpc) is 2.81. The lowest BCUT2D eigenvalue weighted by Gasteiger charge is -2.06. The fourth-order valence-corrected chi connectivity index (χ4v) is 2.27. The van der Waals surface area contributed by atoms with E-state index in [9.17, 15) is 4.79 Å². The number of hydrogen-bond acceptors (Lipinski definition) is 4. The largest absolute Gasteiger partial charge is 0.488 e. The zero-order chi connectivity index (χ0) is 13.0. The standard InChI is InChI=1S/C12H11ClN2O2S/c1-14-11(16)8-3-2-4-9(5-8)17-7-10-6-15-12(13)18-10/h2-6H,7H2,1H3,(H,14,16). The molecule has 0 aliphatic rings. The summed E-state index contributed by atoms with van der Waals surface area (Å²) in [6, 6.07) is 7.01. The number of ether oxygens (including phenoxy) is 1. The zero-order valence-corrected chi connectivity index (χ0v) is 11.2. The van der Waals surface area contributed by atoms with E-state index in [0.29, 0.717) is 22.4 Å². The molecule has 0 spiro atoms. The molecule has 94 valence electrons. The minimum atomic E-state index is -0.138. The van der Waals surface area contributed by atoms with Crippen molar-refractivity contribution in [1.29, 1.82) is 0 Å². The van der Waals surface area contributed by atoms with E-state index in [1.54, 1.807) is 37.5 Å². The monoisotopic (exact) mass is 282 g/mol. The maximum Gasteiger partial charge on any atom is 0.251 e. The van der Waals surface area contributed by atoms with E-state index >= 15 is 0 Å². The van der Waals surface area contributed by atoms with Gasteiger partial charge in [-0.2, -0.15) is 0 Å².